The van der Waals surface area contributed by atoms with Crippen LogP contribution < -0.4 is 10.1 Å². The summed E-state index contributed by atoms with van der Waals surface area (Å²) in [5, 5.41) is 4.84. The quantitative estimate of drug-likeness (QED) is 0.578. The third kappa shape index (κ3) is 4.11. The minimum Gasteiger partial charge on any atom is -0.486 e. The predicted octanol–water partition coefficient (Wildman–Crippen LogP) is 4.11. The van der Waals surface area contributed by atoms with E-state index in [0.717, 1.165) is 17.0 Å². The normalized spacial score (nSPS) is 18.4. The van der Waals surface area contributed by atoms with Crippen LogP contribution in [0.25, 0.3) is 0 Å². The molecular formula is C21H16F3N3O3S. The van der Waals surface area contributed by atoms with Crippen molar-refractivity contribution < 1.29 is 27.5 Å². The van der Waals surface area contributed by atoms with Gasteiger partial charge in [0.15, 0.2) is 11.6 Å². The number of aromatic nitrogens is 1. The largest absolute Gasteiger partial charge is 0.486 e. The van der Waals surface area contributed by atoms with Gasteiger partial charge < -0.3 is 10.1 Å². The number of nitrogens with one attached hydrogen (secondary N) is 1. The van der Waals surface area contributed by atoms with Gasteiger partial charge in [-0.15, -0.1) is 11.3 Å². The van der Waals surface area contributed by atoms with E-state index < -0.39 is 29.1 Å². The second-order valence-corrected chi connectivity index (χ2v) is 7.99. The Balaban J connectivity index is 1.44. The zero-order valence-corrected chi connectivity index (χ0v) is 17.0. The van der Waals surface area contributed by atoms with Crippen molar-refractivity contribution in [1.82, 2.24) is 15.2 Å². The van der Waals surface area contributed by atoms with Gasteiger partial charge in [0.05, 0.1) is 12.2 Å². The van der Waals surface area contributed by atoms with Crippen LogP contribution in [0.2, 0.25) is 0 Å². The maximum absolute atomic E-state index is 13.6. The fraction of sp³-hybridized carbons (Fsp3) is 0.190. The number of carbonyl (C=O) groups excluding carboxylic acids is 2. The van der Waals surface area contributed by atoms with Crippen molar-refractivity contribution in [3.05, 3.63) is 81.6 Å². The molecule has 1 N–H and O–H groups in total. The highest BCUT2D eigenvalue weighted by atomic mass is 32.1. The molecule has 1 aromatic heterocycles. The van der Waals surface area contributed by atoms with Gasteiger partial charge in [-0.1, -0.05) is 6.07 Å². The Labute approximate surface area is 179 Å². The number of hydrogen-bond acceptors (Lipinski definition) is 5. The average Bonchev–Trinajstić information content (AvgIpc) is 3.28. The Bertz CT molecular complexity index is 1150. The number of amides is 3. The van der Waals surface area contributed by atoms with Crippen LogP contribution in [0.15, 0.2) is 47.8 Å². The number of benzene rings is 2. The molecule has 0 spiro atoms. The highest BCUT2D eigenvalue weighted by Crippen LogP contribution is 2.31. The van der Waals surface area contributed by atoms with Crippen LogP contribution in [0.1, 0.15) is 23.2 Å². The first kappa shape index (κ1) is 20.9. The molecule has 31 heavy (non-hydrogen) atoms. The summed E-state index contributed by atoms with van der Waals surface area (Å²) in [6.07, 6.45) is 0. The number of ether oxygens (including phenoxy) is 1. The Morgan fingerprint density at radius 1 is 1.10 bits per heavy atom. The molecular weight excluding hydrogens is 431 g/mol. The molecule has 6 nitrogen and oxygen atoms in total. The Morgan fingerprint density at radius 3 is 2.55 bits per heavy atom. The molecule has 1 atom stereocenters. The molecule has 3 amide bonds. The summed E-state index contributed by atoms with van der Waals surface area (Å²) >= 11 is 1.29. The molecule has 0 bridgehead atoms. The standard InChI is InChI=1S/C21H16F3N3O3S/c1-21(12-2-7-16(23)17(24)8-12)19(28)27(20(29)26-21)9-14-11-31-18(25-14)10-30-15-5-3-13(22)4-6-15/h2-8,11H,9-10H2,1H3,(H,26,29). The van der Waals surface area contributed by atoms with Gasteiger partial charge in [-0.05, 0) is 48.9 Å². The molecule has 1 aliphatic heterocycles. The average molecular weight is 447 g/mol. The maximum atomic E-state index is 13.6. The fourth-order valence-electron chi connectivity index (χ4n) is 3.17. The Kier molecular flexibility index (Phi) is 5.40. The zero-order valence-electron chi connectivity index (χ0n) is 16.2. The summed E-state index contributed by atoms with van der Waals surface area (Å²) in [4.78, 5) is 30.7. The number of hydrogen-bond donors (Lipinski definition) is 1. The van der Waals surface area contributed by atoms with Crippen molar-refractivity contribution in [2.45, 2.75) is 25.6 Å². The maximum Gasteiger partial charge on any atom is 0.325 e. The van der Waals surface area contributed by atoms with Gasteiger partial charge in [0.2, 0.25) is 0 Å². The van der Waals surface area contributed by atoms with Crippen LogP contribution in [-0.4, -0.2) is 21.8 Å². The summed E-state index contributed by atoms with van der Waals surface area (Å²) in [5.74, 6) is -2.63. The summed E-state index contributed by atoms with van der Waals surface area (Å²) in [5.41, 5.74) is -0.907. The minimum atomic E-state index is -1.52. The number of imide groups is 1. The van der Waals surface area contributed by atoms with Crippen molar-refractivity contribution in [2.24, 2.45) is 0 Å². The van der Waals surface area contributed by atoms with Crippen LogP contribution in [-0.2, 0) is 23.5 Å². The predicted molar refractivity (Wildman–Crippen MR) is 106 cm³/mol. The van der Waals surface area contributed by atoms with Crippen LogP contribution in [0.5, 0.6) is 5.75 Å². The number of halogens is 3. The molecule has 4 rings (SSSR count). The Hall–Kier alpha value is -3.40. The lowest BCUT2D eigenvalue weighted by Crippen LogP contribution is -2.41. The van der Waals surface area contributed by atoms with E-state index in [-0.39, 0.29) is 24.5 Å². The molecule has 1 unspecified atom stereocenters. The molecule has 10 heteroatoms. The number of rotatable bonds is 6. The highest BCUT2D eigenvalue weighted by molar-refractivity contribution is 7.09. The van der Waals surface area contributed by atoms with E-state index in [0.29, 0.717) is 16.5 Å². The zero-order chi connectivity index (χ0) is 22.2. The van der Waals surface area contributed by atoms with Crippen molar-refractivity contribution >= 4 is 23.3 Å². The van der Waals surface area contributed by atoms with E-state index in [1.165, 1.54) is 48.6 Å². The van der Waals surface area contributed by atoms with E-state index in [4.69, 9.17) is 4.74 Å². The van der Waals surface area contributed by atoms with Crippen molar-refractivity contribution in [3.8, 4) is 5.75 Å². The molecule has 1 fully saturated rings. The summed E-state index contributed by atoms with van der Waals surface area (Å²) in [6.45, 7) is 1.49. The molecule has 2 aromatic carbocycles. The van der Waals surface area contributed by atoms with E-state index >= 15 is 0 Å². The Morgan fingerprint density at radius 2 is 1.84 bits per heavy atom. The second-order valence-electron chi connectivity index (χ2n) is 7.05. The summed E-state index contributed by atoms with van der Waals surface area (Å²) in [6, 6.07) is 7.96. The first-order chi connectivity index (χ1) is 14.8. The van der Waals surface area contributed by atoms with Crippen LogP contribution in [0.4, 0.5) is 18.0 Å². The van der Waals surface area contributed by atoms with Crippen molar-refractivity contribution in [2.75, 3.05) is 0 Å². The number of carbonyl (C=O) groups is 2. The molecule has 0 aliphatic carbocycles. The third-order valence-electron chi connectivity index (χ3n) is 4.87. The molecule has 0 radical (unpaired) electrons. The lowest BCUT2D eigenvalue weighted by atomic mass is 9.92. The first-order valence-corrected chi connectivity index (χ1v) is 10.1. The molecule has 1 saturated heterocycles. The lowest BCUT2D eigenvalue weighted by Gasteiger charge is -2.22. The SMILES string of the molecule is CC1(c2ccc(F)c(F)c2)NC(=O)N(Cc2csc(COc3ccc(F)cc3)n2)C1=O. The monoisotopic (exact) mass is 447 g/mol. The third-order valence-corrected chi connectivity index (χ3v) is 5.74. The van der Waals surface area contributed by atoms with Gasteiger partial charge >= 0.3 is 6.03 Å². The summed E-state index contributed by atoms with van der Waals surface area (Å²) in [7, 11) is 0. The molecule has 160 valence electrons. The van der Waals surface area contributed by atoms with Crippen LogP contribution in [0, 0.1) is 17.5 Å². The van der Waals surface area contributed by atoms with Gasteiger partial charge in [-0.3, -0.25) is 9.69 Å². The van der Waals surface area contributed by atoms with Crippen LogP contribution in [0.3, 0.4) is 0 Å². The molecule has 3 aromatic rings. The minimum absolute atomic E-state index is 0.0863. The summed E-state index contributed by atoms with van der Waals surface area (Å²) < 4.78 is 45.4. The highest BCUT2D eigenvalue weighted by Gasteiger charge is 2.49. The first-order valence-electron chi connectivity index (χ1n) is 9.17. The van der Waals surface area contributed by atoms with E-state index in [1.54, 1.807) is 5.38 Å². The van der Waals surface area contributed by atoms with Gasteiger partial charge in [-0.25, -0.2) is 22.9 Å². The number of thiazole rings is 1. The number of nitrogens with zero attached hydrogens (tertiary/aromatic N) is 2. The van der Waals surface area contributed by atoms with Crippen molar-refractivity contribution in [3.63, 3.8) is 0 Å². The lowest BCUT2D eigenvalue weighted by molar-refractivity contribution is -0.131. The second kappa shape index (κ2) is 8.03. The van der Waals surface area contributed by atoms with Gasteiger partial charge in [0.1, 0.15) is 28.7 Å². The van der Waals surface area contributed by atoms with E-state index in [9.17, 15) is 22.8 Å². The fourth-order valence-corrected chi connectivity index (χ4v) is 3.87. The smallest absolute Gasteiger partial charge is 0.325 e. The van der Waals surface area contributed by atoms with E-state index in [2.05, 4.69) is 10.3 Å². The van der Waals surface area contributed by atoms with Gasteiger partial charge in [-0.2, -0.15) is 0 Å². The van der Waals surface area contributed by atoms with Gasteiger partial charge in [0.25, 0.3) is 5.91 Å². The van der Waals surface area contributed by atoms with Crippen molar-refractivity contribution in [1.29, 1.82) is 0 Å². The van der Waals surface area contributed by atoms with E-state index in [1.807, 2.05) is 0 Å². The molecule has 0 saturated carbocycles. The molecule has 1 aliphatic rings. The number of urea groups is 1. The molecule has 2 heterocycles. The van der Waals surface area contributed by atoms with Crippen LogP contribution >= 0.6 is 11.3 Å². The van der Waals surface area contributed by atoms with Gasteiger partial charge in [0, 0.05) is 5.38 Å². The topological polar surface area (TPSA) is 71.5 Å².